The number of hydrogen-bond acceptors (Lipinski definition) is 4. The van der Waals surface area contributed by atoms with Crippen LogP contribution in [0, 0.1) is 5.92 Å². The number of ether oxygens (including phenoxy) is 1. The lowest BCUT2D eigenvalue weighted by Gasteiger charge is -2.08. The van der Waals surface area contributed by atoms with Gasteiger partial charge >= 0.3 is 0 Å². The minimum absolute atomic E-state index is 0.0670. The van der Waals surface area contributed by atoms with Crippen molar-refractivity contribution in [2.45, 2.75) is 30.8 Å². The lowest BCUT2D eigenvalue weighted by molar-refractivity contribution is 0.0937. The van der Waals surface area contributed by atoms with E-state index in [1.165, 1.54) is 19.4 Å². The minimum atomic E-state index is -3.83. The van der Waals surface area contributed by atoms with E-state index in [9.17, 15) is 13.2 Å². The van der Waals surface area contributed by atoms with Gasteiger partial charge in [0, 0.05) is 25.9 Å². The van der Waals surface area contributed by atoms with Crippen molar-refractivity contribution in [3.05, 3.63) is 18.0 Å². The molecule has 0 aliphatic heterocycles. The zero-order chi connectivity index (χ0) is 14.9. The molecule has 2 atom stereocenters. The maximum absolute atomic E-state index is 12.2. The van der Waals surface area contributed by atoms with E-state index in [2.05, 4.69) is 5.32 Å². The van der Waals surface area contributed by atoms with Crippen molar-refractivity contribution in [3.8, 4) is 0 Å². The van der Waals surface area contributed by atoms with Crippen molar-refractivity contribution in [3.63, 3.8) is 0 Å². The molecule has 7 nitrogen and oxygen atoms in total. The van der Waals surface area contributed by atoms with Crippen LogP contribution in [0.3, 0.4) is 0 Å². The van der Waals surface area contributed by atoms with Crippen LogP contribution in [-0.4, -0.2) is 38.7 Å². The van der Waals surface area contributed by atoms with Crippen molar-refractivity contribution < 1.29 is 17.9 Å². The Bertz CT molecular complexity index is 608. The Balaban J connectivity index is 2.24. The van der Waals surface area contributed by atoms with Crippen LogP contribution in [0.15, 0.2) is 17.2 Å². The second-order valence-corrected chi connectivity index (χ2v) is 6.65. The molecule has 1 aromatic heterocycles. The smallest absolute Gasteiger partial charge is 0.268 e. The minimum Gasteiger partial charge on any atom is -0.383 e. The maximum atomic E-state index is 12.2. The molecule has 0 spiro atoms. The summed E-state index contributed by atoms with van der Waals surface area (Å²) in [6.07, 6.45) is 2.31. The average Bonchev–Trinajstić information content (AvgIpc) is 2.90. The first-order valence-corrected chi connectivity index (χ1v) is 7.90. The molecule has 3 N–H and O–H groups in total. The highest BCUT2D eigenvalue weighted by Crippen LogP contribution is 2.29. The van der Waals surface area contributed by atoms with Crippen molar-refractivity contribution in [2.75, 3.05) is 13.7 Å². The molecule has 2 unspecified atom stereocenters. The van der Waals surface area contributed by atoms with Crippen molar-refractivity contribution in [2.24, 2.45) is 11.1 Å². The highest BCUT2D eigenvalue weighted by Gasteiger charge is 2.34. The first-order valence-electron chi connectivity index (χ1n) is 6.35. The number of nitrogens with two attached hydrogens (primary N) is 1. The van der Waals surface area contributed by atoms with Gasteiger partial charge in [-0.1, -0.05) is 6.92 Å². The summed E-state index contributed by atoms with van der Waals surface area (Å²) in [5.41, 5.74) is 0.283. The van der Waals surface area contributed by atoms with E-state index in [0.717, 1.165) is 6.42 Å². The Morgan fingerprint density at radius 3 is 2.75 bits per heavy atom. The number of sulfonamides is 1. The number of primary sulfonamides is 1. The number of hydrogen-bond donors (Lipinski definition) is 2. The second kappa shape index (κ2) is 5.55. The van der Waals surface area contributed by atoms with Crippen molar-refractivity contribution in [1.29, 1.82) is 0 Å². The molecule has 1 aliphatic rings. The molecule has 1 fully saturated rings. The number of carbonyl (C=O) groups excluding carboxylic acids is 1. The van der Waals surface area contributed by atoms with Crippen molar-refractivity contribution in [1.82, 2.24) is 9.88 Å². The number of aromatic nitrogens is 1. The number of amides is 1. The summed E-state index contributed by atoms with van der Waals surface area (Å²) in [6, 6.07) is 1.47. The molecule has 0 radical (unpaired) electrons. The van der Waals surface area contributed by atoms with Crippen LogP contribution in [-0.2, 0) is 21.3 Å². The van der Waals surface area contributed by atoms with E-state index in [0.29, 0.717) is 19.1 Å². The highest BCUT2D eigenvalue weighted by molar-refractivity contribution is 7.89. The predicted octanol–water partition coefficient (Wildman–Crippen LogP) is -0.0799. The molecule has 8 heteroatoms. The number of methoxy groups -OCH3 is 1. The molecule has 1 aromatic rings. The van der Waals surface area contributed by atoms with E-state index < -0.39 is 10.0 Å². The number of carbonyl (C=O) groups is 1. The maximum Gasteiger partial charge on any atom is 0.268 e. The Morgan fingerprint density at radius 1 is 1.60 bits per heavy atom. The van der Waals surface area contributed by atoms with Gasteiger partial charge in [-0.25, -0.2) is 13.6 Å². The molecule has 1 aliphatic carbocycles. The molecular formula is C12H19N3O4S. The van der Waals surface area contributed by atoms with E-state index in [4.69, 9.17) is 9.88 Å². The molecule has 0 aromatic carbocycles. The summed E-state index contributed by atoms with van der Waals surface area (Å²) in [4.78, 5) is 12.1. The van der Waals surface area contributed by atoms with Crippen LogP contribution < -0.4 is 10.5 Å². The third-order valence-corrected chi connectivity index (χ3v) is 4.28. The van der Waals surface area contributed by atoms with Crippen LogP contribution in [0.2, 0.25) is 0 Å². The van der Waals surface area contributed by atoms with Gasteiger partial charge in [0.05, 0.1) is 6.61 Å². The Kier molecular flexibility index (Phi) is 4.17. The number of rotatable bonds is 6. The SMILES string of the molecule is COCCn1cc(S(N)(=O)=O)cc1C(=O)NC1CC1C. The first-order chi connectivity index (χ1) is 9.32. The first kappa shape index (κ1) is 15.0. The van der Waals surface area contributed by atoms with E-state index in [1.54, 1.807) is 4.57 Å². The fourth-order valence-electron chi connectivity index (χ4n) is 1.97. The molecule has 1 saturated carbocycles. The molecule has 0 bridgehead atoms. The summed E-state index contributed by atoms with van der Waals surface area (Å²) in [5.74, 6) is 0.185. The van der Waals surface area contributed by atoms with Gasteiger partial charge < -0.3 is 14.6 Å². The fraction of sp³-hybridized carbons (Fsp3) is 0.583. The van der Waals surface area contributed by atoms with E-state index in [-0.39, 0.29) is 22.5 Å². The molecule has 20 heavy (non-hydrogen) atoms. The third-order valence-electron chi connectivity index (χ3n) is 3.39. The molecule has 1 amide bonds. The van der Waals surface area contributed by atoms with Crippen LogP contribution in [0.25, 0.3) is 0 Å². The van der Waals surface area contributed by atoms with Gasteiger partial charge in [0.1, 0.15) is 10.6 Å². The summed E-state index contributed by atoms with van der Waals surface area (Å²) in [7, 11) is -2.29. The van der Waals surface area contributed by atoms with E-state index in [1.807, 2.05) is 6.92 Å². The van der Waals surface area contributed by atoms with Gasteiger partial charge in [-0.15, -0.1) is 0 Å². The summed E-state index contributed by atoms with van der Waals surface area (Å²) >= 11 is 0. The number of nitrogens with one attached hydrogen (secondary N) is 1. The molecule has 1 heterocycles. The fourth-order valence-corrected chi connectivity index (χ4v) is 2.52. The number of nitrogens with zero attached hydrogens (tertiary/aromatic N) is 1. The Hall–Kier alpha value is -1.38. The van der Waals surface area contributed by atoms with Gasteiger partial charge in [0.15, 0.2) is 0 Å². The molecule has 0 saturated heterocycles. The van der Waals surface area contributed by atoms with Crippen LogP contribution in [0.4, 0.5) is 0 Å². The summed E-state index contributed by atoms with van der Waals surface area (Å²) in [5, 5.41) is 7.96. The molecular weight excluding hydrogens is 282 g/mol. The van der Waals surface area contributed by atoms with Crippen LogP contribution in [0.1, 0.15) is 23.8 Å². The lowest BCUT2D eigenvalue weighted by Crippen LogP contribution is -2.29. The Morgan fingerprint density at radius 2 is 2.25 bits per heavy atom. The molecule has 2 rings (SSSR count). The second-order valence-electron chi connectivity index (χ2n) is 5.09. The topological polar surface area (TPSA) is 103 Å². The van der Waals surface area contributed by atoms with Crippen LogP contribution >= 0.6 is 0 Å². The summed E-state index contributed by atoms with van der Waals surface area (Å²) in [6.45, 7) is 2.80. The monoisotopic (exact) mass is 301 g/mol. The zero-order valence-corrected chi connectivity index (χ0v) is 12.3. The van der Waals surface area contributed by atoms with Gasteiger partial charge in [-0.3, -0.25) is 4.79 Å². The van der Waals surface area contributed by atoms with Crippen molar-refractivity contribution >= 4 is 15.9 Å². The van der Waals surface area contributed by atoms with Gasteiger partial charge in [-0.2, -0.15) is 0 Å². The predicted molar refractivity (Wildman–Crippen MR) is 72.7 cm³/mol. The highest BCUT2D eigenvalue weighted by atomic mass is 32.2. The molecule has 112 valence electrons. The summed E-state index contributed by atoms with van der Waals surface area (Å²) < 4.78 is 29.3. The Labute approximate surface area is 118 Å². The zero-order valence-electron chi connectivity index (χ0n) is 11.5. The van der Waals surface area contributed by atoms with Gasteiger partial charge in [0.25, 0.3) is 5.91 Å². The third kappa shape index (κ3) is 3.38. The largest absolute Gasteiger partial charge is 0.383 e. The average molecular weight is 301 g/mol. The van der Waals surface area contributed by atoms with Gasteiger partial charge in [-0.05, 0) is 18.4 Å². The quantitative estimate of drug-likeness (QED) is 0.767. The van der Waals surface area contributed by atoms with E-state index >= 15 is 0 Å². The normalized spacial score (nSPS) is 21.8. The lowest BCUT2D eigenvalue weighted by atomic mass is 10.3. The van der Waals surface area contributed by atoms with Gasteiger partial charge in [0.2, 0.25) is 10.0 Å². The van der Waals surface area contributed by atoms with Crippen LogP contribution in [0.5, 0.6) is 0 Å². The standard InChI is InChI=1S/C12H19N3O4S/c1-8-5-10(8)14-12(16)11-6-9(20(13,17)18)7-15(11)3-4-19-2/h6-8,10H,3-5H2,1-2H3,(H,14,16)(H2,13,17,18).